The average Bonchev–Trinajstić information content (AvgIpc) is 2.34. The zero-order chi connectivity index (χ0) is 13.2. The summed E-state index contributed by atoms with van der Waals surface area (Å²) in [5.74, 6) is -0.318. The predicted molar refractivity (Wildman–Crippen MR) is 66.0 cm³/mol. The van der Waals surface area contributed by atoms with E-state index in [0.717, 1.165) is 32.3 Å². The zero-order valence-corrected chi connectivity index (χ0v) is 11.4. The van der Waals surface area contributed by atoms with E-state index in [9.17, 15) is 4.79 Å². The van der Waals surface area contributed by atoms with Crippen molar-refractivity contribution in [3.8, 4) is 0 Å². The molecule has 5 nitrogen and oxygen atoms in total. The maximum atomic E-state index is 10.5. The van der Waals surface area contributed by atoms with E-state index in [-0.39, 0.29) is 25.2 Å². The number of carbonyl (C=O) groups excluding carboxylic acids is 1. The highest BCUT2D eigenvalue weighted by Crippen LogP contribution is 2.16. The van der Waals surface area contributed by atoms with Gasteiger partial charge in [0.25, 0.3) is 0 Å². The van der Waals surface area contributed by atoms with Crippen molar-refractivity contribution in [1.82, 2.24) is 0 Å². The highest BCUT2D eigenvalue weighted by atomic mass is 16.7. The molecule has 1 aliphatic rings. The molecule has 0 saturated carbocycles. The topological polar surface area (TPSA) is 54.0 Å². The Bertz CT molecular complexity index is 225. The van der Waals surface area contributed by atoms with Crippen LogP contribution in [0, 0.1) is 0 Å². The van der Waals surface area contributed by atoms with Gasteiger partial charge in [0.1, 0.15) is 0 Å². The van der Waals surface area contributed by atoms with Crippen LogP contribution in [0.2, 0.25) is 0 Å². The van der Waals surface area contributed by atoms with Crippen LogP contribution in [0.5, 0.6) is 0 Å². The minimum Gasteiger partial charge on any atom is -0.439 e. The molecular formula is C13H24O5. The van der Waals surface area contributed by atoms with Crippen molar-refractivity contribution >= 4 is 5.97 Å². The summed E-state index contributed by atoms with van der Waals surface area (Å²) >= 11 is 0. The first-order chi connectivity index (χ1) is 8.68. The van der Waals surface area contributed by atoms with Crippen LogP contribution < -0.4 is 0 Å². The van der Waals surface area contributed by atoms with Crippen molar-refractivity contribution in [2.75, 3.05) is 20.0 Å². The molecule has 0 N–H and O–H groups in total. The lowest BCUT2D eigenvalue weighted by molar-refractivity contribution is -0.186. The first-order valence-corrected chi connectivity index (χ1v) is 6.66. The largest absolute Gasteiger partial charge is 0.439 e. The molecular weight excluding hydrogens is 236 g/mol. The summed E-state index contributed by atoms with van der Waals surface area (Å²) in [7, 11) is 0. The van der Waals surface area contributed by atoms with Crippen LogP contribution in [0.4, 0.5) is 0 Å². The molecule has 0 amide bonds. The Kier molecular flexibility index (Phi) is 7.96. The van der Waals surface area contributed by atoms with Crippen LogP contribution in [0.25, 0.3) is 0 Å². The summed E-state index contributed by atoms with van der Waals surface area (Å²) in [6.07, 6.45) is 5.25. The Hall–Kier alpha value is -0.650. The molecule has 1 saturated heterocycles. The Morgan fingerprint density at radius 1 is 1.44 bits per heavy atom. The number of ether oxygens (including phenoxy) is 4. The van der Waals surface area contributed by atoms with Gasteiger partial charge < -0.3 is 18.9 Å². The van der Waals surface area contributed by atoms with Crippen molar-refractivity contribution in [2.45, 2.75) is 58.3 Å². The summed E-state index contributed by atoms with van der Waals surface area (Å²) < 4.78 is 21.1. The molecule has 0 spiro atoms. The fourth-order valence-corrected chi connectivity index (χ4v) is 1.80. The van der Waals surface area contributed by atoms with Gasteiger partial charge in [-0.25, -0.2) is 0 Å². The van der Waals surface area contributed by atoms with E-state index in [1.54, 1.807) is 0 Å². The van der Waals surface area contributed by atoms with Crippen LogP contribution >= 0.6 is 0 Å². The Morgan fingerprint density at radius 2 is 2.28 bits per heavy atom. The molecule has 1 rings (SSSR count). The molecule has 0 radical (unpaired) electrons. The first kappa shape index (κ1) is 15.4. The van der Waals surface area contributed by atoms with Crippen LogP contribution in [-0.2, 0) is 23.7 Å². The van der Waals surface area contributed by atoms with Gasteiger partial charge in [-0.2, -0.15) is 0 Å². The standard InChI is InChI=1S/C13H24O5/c1-11(18-13-7-3-4-9-16-13)6-5-8-15-10-17-12(2)14/h11,13H,3-10H2,1-2H3. The molecule has 1 heterocycles. The van der Waals surface area contributed by atoms with Gasteiger partial charge in [-0.1, -0.05) is 0 Å². The van der Waals surface area contributed by atoms with E-state index in [2.05, 4.69) is 4.74 Å². The monoisotopic (exact) mass is 260 g/mol. The number of carbonyl (C=O) groups is 1. The van der Waals surface area contributed by atoms with Crippen LogP contribution in [0.3, 0.4) is 0 Å². The fourth-order valence-electron chi connectivity index (χ4n) is 1.80. The molecule has 0 aromatic carbocycles. The minimum absolute atomic E-state index is 0.0317. The highest BCUT2D eigenvalue weighted by molar-refractivity contribution is 5.65. The molecule has 106 valence electrons. The van der Waals surface area contributed by atoms with Crippen LogP contribution in [-0.4, -0.2) is 38.4 Å². The summed E-state index contributed by atoms with van der Waals surface area (Å²) in [6, 6.07) is 0. The van der Waals surface area contributed by atoms with Crippen LogP contribution in [0.15, 0.2) is 0 Å². The molecule has 1 aliphatic heterocycles. The quantitative estimate of drug-likeness (QED) is 0.380. The third-order valence-electron chi connectivity index (χ3n) is 2.77. The second kappa shape index (κ2) is 9.30. The number of hydrogen-bond donors (Lipinski definition) is 0. The molecule has 2 unspecified atom stereocenters. The molecule has 18 heavy (non-hydrogen) atoms. The van der Waals surface area contributed by atoms with Gasteiger partial charge in [-0.15, -0.1) is 0 Å². The maximum Gasteiger partial charge on any atom is 0.304 e. The van der Waals surface area contributed by atoms with E-state index in [4.69, 9.17) is 14.2 Å². The van der Waals surface area contributed by atoms with Crippen molar-refractivity contribution < 1.29 is 23.7 Å². The van der Waals surface area contributed by atoms with E-state index < -0.39 is 0 Å². The number of hydrogen-bond acceptors (Lipinski definition) is 5. The molecule has 0 aromatic rings. The normalized spacial score (nSPS) is 21.6. The summed E-state index contributed by atoms with van der Waals surface area (Å²) in [6.45, 7) is 4.83. The Balaban J connectivity index is 1.92. The van der Waals surface area contributed by atoms with Gasteiger partial charge >= 0.3 is 5.97 Å². The molecule has 0 aliphatic carbocycles. The van der Waals surface area contributed by atoms with Gasteiger partial charge in [0, 0.05) is 13.5 Å². The van der Waals surface area contributed by atoms with Gasteiger partial charge in [0.05, 0.1) is 12.7 Å². The van der Waals surface area contributed by atoms with Gasteiger partial charge in [0.15, 0.2) is 13.1 Å². The summed E-state index contributed by atoms with van der Waals surface area (Å²) in [4.78, 5) is 10.5. The second-order valence-electron chi connectivity index (χ2n) is 4.55. The Morgan fingerprint density at radius 3 is 2.94 bits per heavy atom. The number of rotatable bonds is 8. The average molecular weight is 260 g/mol. The van der Waals surface area contributed by atoms with Gasteiger partial charge in [-0.05, 0) is 39.0 Å². The number of esters is 1. The molecule has 1 fully saturated rings. The maximum absolute atomic E-state index is 10.5. The lowest BCUT2D eigenvalue weighted by atomic mass is 10.2. The van der Waals surface area contributed by atoms with Gasteiger partial charge in [-0.3, -0.25) is 4.79 Å². The van der Waals surface area contributed by atoms with Crippen LogP contribution in [0.1, 0.15) is 46.0 Å². The second-order valence-corrected chi connectivity index (χ2v) is 4.55. The summed E-state index contributed by atoms with van der Waals surface area (Å²) in [5, 5.41) is 0. The van der Waals surface area contributed by atoms with Crippen molar-refractivity contribution in [3.63, 3.8) is 0 Å². The van der Waals surface area contributed by atoms with Gasteiger partial charge in [0.2, 0.25) is 0 Å². The molecule has 0 aromatic heterocycles. The van der Waals surface area contributed by atoms with Crippen molar-refractivity contribution in [1.29, 1.82) is 0 Å². The third-order valence-corrected chi connectivity index (χ3v) is 2.77. The molecule has 2 atom stereocenters. The van der Waals surface area contributed by atoms with E-state index >= 15 is 0 Å². The van der Waals surface area contributed by atoms with Crippen molar-refractivity contribution in [2.24, 2.45) is 0 Å². The lowest BCUT2D eigenvalue weighted by Crippen LogP contribution is -2.26. The van der Waals surface area contributed by atoms with Crippen molar-refractivity contribution in [3.05, 3.63) is 0 Å². The zero-order valence-electron chi connectivity index (χ0n) is 11.4. The third kappa shape index (κ3) is 7.63. The Labute approximate surface area is 109 Å². The SMILES string of the molecule is CC(=O)OCOCCCC(C)OC1CCCCO1. The lowest BCUT2D eigenvalue weighted by Gasteiger charge is -2.26. The van der Waals surface area contributed by atoms with E-state index in [1.807, 2.05) is 6.92 Å². The minimum atomic E-state index is -0.318. The first-order valence-electron chi connectivity index (χ1n) is 6.66. The fraction of sp³-hybridized carbons (Fsp3) is 0.923. The summed E-state index contributed by atoms with van der Waals surface area (Å²) in [5.41, 5.74) is 0. The smallest absolute Gasteiger partial charge is 0.304 e. The predicted octanol–water partition coefficient (Wildman–Crippen LogP) is 2.24. The van der Waals surface area contributed by atoms with E-state index in [1.165, 1.54) is 13.3 Å². The highest BCUT2D eigenvalue weighted by Gasteiger charge is 2.16. The molecule has 0 bridgehead atoms. The van der Waals surface area contributed by atoms with E-state index in [0.29, 0.717) is 6.61 Å². The molecule has 5 heteroatoms.